The Morgan fingerprint density at radius 1 is 1.00 bits per heavy atom. The Labute approximate surface area is 183 Å². The molecule has 0 aromatic carbocycles. The van der Waals surface area contributed by atoms with Crippen LogP contribution in [0.2, 0.25) is 0 Å². The third-order valence-electron chi connectivity index (χ3n) is 5.21. The highest BCUT2D eigenvalue weighted by atomic mass is 16.5. The molecule has 1 amide bonds. The minimum absolute atomic E-state index is 0.165. The Balaban J connectivity index is 1.21. The number of piperazine rings is 1. The molecule has 10 heteroatoms. The van der Waals surface area contributed by atoms with Gasteiger partial charge in [0.1, 0.15) is 23.8 Å². The van der Waals surface area contributed by atoms with Crippen molar-refractivity contribution < 1.29 is 13.7 Å². The van der Waals surface area contributed by atoms with Crippen LogP contribution in [-0.2, 0) is 0 Å². The molecule has 1 aliphatic heterocycles. The fourth-order valence-corrected chi connectivity index (χ4v) is 3.54. The molecule has 1 fully saturated rings. The van der Waals surface area contributed by atoms with Crippen LogP contribution in [0.3, 0.4) is 0 Å². The minimum atomic E-state index is -0.165. The van der Waals surface area contributed by atoms with E-state index in [4.69, 9.17) is 8.94 Å². The zero-order valence-corrected chi connectivity index (χ0v) is 17.4. The molecule has 0 unspecified atom stereocenters. The molecule has 4 aromatic heterocycles. The second-order valence-electron chi connectivity index (χ2n) is 7.44. The van der Waals surface area contributed by atoms with Crippen LogP contribution < -0.4 is 10.2 Å². The summed E-state index contributed by atoms with van der Waals surface area (Å²) in [6.45, 7) is 4.40. The maximum absolute atomic E-state index is 12.8. The van der Waals surface area contributed by atoms with E-state index >= 15 is 0 Å². The van der Waals surface area contributed by atoms with Crippen molar-refractivity contribution in [3.05, 3.63) is 66.4 Å². The fraction of sp³-hybridized carbons (Fsp3) is 0.227. The zero-order chi connectivity index (χ0) is 21.9. The third-order valence-corrected chi connectivity index (χ3v) is 5.21. The highest BCUT2D eigenvalue weighted by Gasteiger charge is 2.26. The number of aryl methyl sites for hydroxylation is 1. The first-order chi connectivity index (χ1) is 15.7. The van der Waals surface area contributed by atoms with E-state index < -0.39 is 0 Å². The summed E-state index contributed by atoms with van der Waals surface area (Å²) in [5.74, 6) is 2.99. The first-order valence-electron chi connectivity index (χ1n) is 10.2. The fourth-order valence-electron chi connectivity index (χ4n) is 3.54. The standard InChI is InChI=1S/C22H21N7O3/c1-15-4-5-23-19(11-15)26-20-13-21(25-14-24-20)28-6-8-29(9-7-28)22(30)16-12-18(32-27-16)17-3-2-10-31-17/h2-5,10-14H,6-9H2,1H3,(H,23,24,25,26). The minimum Gasteiger partial charge on any atom is -0.461 e. The van der Waals surface area contributed by atoms with Crippen molar-refractivity contribution >= 4 is 23.4 Å². The summed E-state index contributed by atoms with van der Waals surface area (Å²) in [6.07, 6.45) is 4.82. The molecule has 162 valence electrons. The Kier molecular flexibility index (Phi) is 5.24. The summed E-state index contributed by atoms with van der Waals surface area (Å²) in [6, 6.07) is 10.9. The van der Waals surface area contributed by atoms with Crippen LogP contribution in [0.25, 0.3) is 11.5 Å². The first-order valence-corrected chi connectivity index (χ1v) is 10.2. The van der Waals surface area contributed by atoms with Crippen molar-refractivity contribution in [1.82, 2.24) is 25.0 Å². The normalized spacial score (nSPS) is 13.9. The van der Waals surface area contributed by atoms with Gasteiger partial charge in [-0.1, -0.05) is 5.16 Å². The molecule has 5 rings (SSSR count). The lowest BCUT2D eigenvalue weighted by Gasteiger charge is -2.35. The van der Waals surface area contributed by atoms with E-state index in [1.54, 1.807) is 35.6 Å². The second-order valence-corrected chi connectivity index (χ2v) is 7.44. The molecule has 4 aromatic rings. The van der Waals surface area contributed by atoms with Gasteiger partial charge in [-0.05, 0) is 36.8 Å². The van der Waals surface area contributed by atoms with E-state index in [-0.39, 0.29) is 11.6 Å². The number of amides is 1. The van der Waals surface area contributed by atoms with E-state index in [1.807, 2.05) is 25.1 Å². The number of pyridine rings is 1. The van der Waals surface area contributed by atoms with Crippen LogP contribution in [0, 0.1) is 6.92 Å². The van der Waals surface area contributed by atoms with Crippen molar-refractivity contribution in [2.45, 2.75) is 6.92 Å². The predicted molar refractivity (Wildman–Crippen MR) is 117 cm³/mol. The molecule has 5 heterocycles. The molecule has 0 aliphatic carbocycles. The van der Waals surface area contributed by atoms with Gasteiger partial charge in [0.05, 0.1) is 6.26 Å². The molecule has 32 heavy (non-hydrogen) atoms. The Morgan fingerprint density at radius 3 is 2.62 bits per heavy atom. The third kappa shape index (κ3) is 4.15. The summed E-state index contributed by atoms with van der Waals surface area (Å²) in [5, 5.41) is 7.11. The van der Waals surface area contributed by atoms with Crippen LogP contribution in [-0.4, -0.2) is 57.1 Å². The van der Waals surface area contributed by atoms with Gasteiger partial charge in [-0.15, -0.1) is 0 Å². The van der Waals surface area contributed by atoms with Gasteiger partial charge in [0.25, 0.3) is 5.91 Å². The number of anilines is 3. The molecule has 0 saturated carbocycles. The second kappa shape index (κ2) is 8.50. The molecule has 1 aliphatic rings. The average Bonchev–Trinajstić information content (AvgIpc) is 3.51. The number of nitrogens with zero attached hydrogens (tertiary/aromatic N) is 6. The summed E-state index contributed by atoms with van der Waals surface area (Å²) in [5.41, 5.74) is 1.38. The van der Waals surface area contributed by atoms with Gasteiger partial charge >= 0.3 is 0 Å². The lowest BCUT2D eigenvalue weighted by molar-refractivity contribution is 0.0736. The molecule has 0 atom stereocenters. The maximum atomic E-state index is 12.8. The predicted octanol–water partition coefficient (Wildman–Crippen LogP) is 3.13. The van der Waals surface area contributed by atoms with Gasteiger partial charge in [-0.2, -0.15) is 0 Å². The van der Waals surface area contributed by atoms with E-state index in [0.717, 1.165) is 17.2 Å². The van der Waals surface area contributed by atoms with Gasteiger partial charge in [-0.3, -0.25) is 4.79 Å². The number of furan rings is 1. The van der Waals surface area contributed by atoms with Crippen molar-refractivity contribution in [2.75, 3.05) is 36.4 Å². The van der Waals surface area contributed by atoms with Gasteiger partial charge < -0.3 is 24.1 Å². The number of carbonyl (C=O) groups is 1. The number of carbonyl (C=O) groups excluding carboxylic acids is 1. The summed E-state index contributed by atoms with van der Waals surface area (Å²) < 4.78 is 10.5. The highest BCUT2D eigenvalue weighted by Crippen LogP contribution is 2.23. The first kappa shape index (κ1) is 19.7. The molecule has 1 saturated heterocycles. The molecule has 0 spiro atoms. The average molecular weight is 431 g/mol. The van der Waals surface area contributed by atoms with Crippen molar-refractivity contribution in [1.29, 1.82) is 0 Å². The van der Waals surface area contributed by atoms with Crippen LogP contribution in [0.4, 0.5) is 17.5 Å². The number of hydrogen-bond donors (Lipinski definition) is 1. The summed E-state index contributed by atoms with van der Waals surface area (Å²) in [7, 11) is 0. The molecule has 1 N–H and O–H groups in total. The largest absolute Gasteiger partial charge is 0.461 e. The zero-order valence-electron chi connectivity index (χ0n) is 17.4. The Hall–Kier alpha value is -4.21. The molecule has 0 radical (unpaired) electrons. The van der Waals surface area contributed by atoms with Crippen LogP contribution >= 0.6 is 0 Å². The number of hydrogen-bond acceptors (Lipinski definition) is 9. The molecular weight excluding hydrogens is 410 g/mol. The topological polar surface area (TPSA) is 113 Å². The summed E-state index contributed by atoms with van der Waals surface area (Å²) >= 11 is 0. The van der Waals surface area contributed by atoms with Gasteiger partial charge in [0.2, 0.25) is 5.76 Å². The number of rotatable bonds is 5. The van der Waals surface area contributed by atoms with E-state index in [2.05, 4.69) is 30.3 Å². The molecular formula is C22H21N7O3. The number of nitrogens with one attached hydrogen (secondary N) is 1. The van der Waals surface area contributed by atoms with Crippen molar-refractivity contribution in [3.63, 3.8) is 0 Å². The lowest BCUT2D eigenvalue weighted by atomic mass is 10.2. The monoisotopic (exact) mass is 431 g/mol. The van der Waals surface area contributed by atoms with E-state index in [9.17, 15) is 4.79 Å². The van der Waals surface area contributed by atoms with E-state index in [1.165, 1.54) is 6.33 Å². The highest BCUT2D eigenvalue weighted by molar-refractivity contribution is 5.93. The van der Waals surface area contributed by atoms with Gasteiger partial charge in [0, 0.05) is 44.5 Å². The quantitative estimate of drug-likeness (QED) is 0.509. The SMILES string of the molecule is Cc1ccnc(Nc2cc(N3CCN(C(=O)c4cc(-c5ccco5)on4)CC3)ncn2)c1. The van der Waals surface area contributed by atoms with Crippen LogP contribution in [0.5, 0.6) is 0 Å². The van der Waals surface area contributed by atoms with Crippen molar-refractivity contribution in [3.8, 4) is 11.5 Å². The summed E-state index contributed by atoms with van der Waals surface area (Å²) in [4.78, 5) is 29.7. The Bertz CT molecular complexity index is 1210. The van der Waals surface area contributed by atoms with Gasteiger partial charge in [0.15, 0.2) is 11.5 Å². The smallest absolute Gasteiger partial charge is 0.276 e. The van der Waals surface area contributed by atoms with Crippen LogP contribution in [0.1, 0.15) is 16.1 Å². The Morgan fingerprint density at radius 2 is 1.84 bits per heavy atom. The maximum Gasteiger partial charge on any atom is 0.276 e. The van der Waals surface area contributed by atoms with Crippen molar-refractivity contribution in [2.24, 2.45) is 0 Å². The lowest BCUT2D eigenvalue weighted by Crippen LogP contribution is -2.49. The number of aromatic nitrogens is 4. The molecule has 10 nitrogen and oxygen atoms in total. The van der Waals surface area contributed by atoms with Crippen LogP contribution in [0.15, 0.2) is 64.1 Å². The van der Waals surface area contributed by atoms with Gasteiger partial charge in [-0.25, -0.2) is 15.0 Å². The van der Waals surface area contributed by atoms with E-state index in [0.29, 0.717) is 43.5 Å². The molecule has 0 bridgehead atoms.